The first kappa shape index (κ1) is 10.5. The summed E-state index contributed by atoms with van der Waals surface area (Å²) in [7, 11) is 0. The highest BCUT2D eigenvalue weighted by atomic mass is 14.8. The van der Waals surface area contributed by atoms with Crippen molar-refractivity contribution in [1.29, 1.82) is 0 Å². The Balaban J connectivity index is 2.47. The Morgan fingerprint density at radius 3 is 2.94 bits per heavy atom. The number of anilines is 1. The molecule has 2 heteroatoms. The van der Waals surface area contributed by atoms with Gasteiger partial charge in [-0.2, -0.15) is 0 Å². The van der Waals surface area contributed by atoms with Crippen molar-refractivity contribution in [3.63, 3.8) is 0 Å². The lowest BCUT2D eigenvalue weighted by atomic mass is 10.1. The summed E-state index contributed by atoms with van der Waals surface area (Å²) in [5.41, 5.74) is 7.60. The van der Waals surface area contributed by atoms with E-state index in [1.807, 2.05) is 30.3 Å². The molecule has 2 N–H and O–H groups in total. The fourth-order valence-corrected chi connectivity index (χ4v) is 1.51. The summed E-state index contributed by atoms with van der Waals surface area (Å²) in [5.74, 6) is 6.67. The van der Waals surface area contributed by atoms with Crippen molar-refractivity contribution in [3.8, 4) is 11.8 Å². The van der Waals surface area contributed by atoms with E-state index in [0.717, 1.165) is 29.3 Å². The van der Waals surface area contributed by atoms with Gasteiger partial charge in [-0.15, -0.1) is 0 Å². The normalized spacial score (nSPS) is 9.81. The smallest absolute Gasteiger partial charge is 0.139 e. The molecule has 0 spiro atoms. The summed E-state index contributed by atoms with van der Waals surface area (Å²) in [6, 6.07) is 9.92. The van der Waals surface area contributed by atoms with Gasteiger partial charge in [-0.1, -0.05) is 37.0 Å². The average Bonchev–Trinajstić information content (AvgIpc) is 2.30. The Hall–Kier alpha value is -2.01. The predicted octanol–water partition coefficient (Wildman–Crippen LogP) is 2.97. The van der Waals surface area contributed by atoms with E-state index in [2.05, 4.69) is 23.7 Å². The third-order valence-corrected chi connectivity index (χ3v) is 2.35. The highest BCUT2D eigenvalue weighted by Crippen LogP contribution is 2.17. The topological polar surface area (TPSA) is 38.9 Å². The number of nitrogen functional groups attached to an aromatic ring is 1. The molecule has 2 rings (SSSR count). The van der Waals surface area contributed by atoms with Gasteiger partial charge in [-0.05, 0) is 18.6 Å². The summed E-state index contributed by atoms with van der Waals surface area (Å²) >= 11 is 0. The summed E-state index contributed by atoms with van der Waals surface area (Å²) in [6.07, 6.45) is 1.96. The van der Waals surface area contributed by atoms with E-state index in [1.165, 1.54) is 0 Å². The molecule has 0 saturated heterocycles. The highest BCUT2D eigenvalue weighted by Gasteiger charge is 2.00. The van der Waals surface area contributed by atoms with Gasteiger partial charge in [0.05, 0.1) is 11.1 Å². The van der Waals surface area contributed by atoms with Crippen molar-refractivity contribution in [2.45, 2.75) is 19.8 Å². The third-order valence-electron chi connectivity index (χ3n) is 2.35. The van der Waals surface area contributed by atoms with Gasteiger partial charge in [0.2, 0.25) is 0 Å². The van der Waals surface area contributed by atoms with E-state index in [0.29, 0.717) is 5.82 Å². The largest absolute Gasteiger partial charge is 0.383 e. The first-order valence-corrected chi connectivity index (χ1v) is 5.45. The first-order valence-electron chi connectivity index (χ1n) is 5.45. The quantitative estimate of drug-likeness (QED) is 0.735. The van der Waals surface area contributed by atoms with E-state index in [-0.39, 0.29) is 0 Å². The monoisotopic (exact) mass is 210 g/mol. The number of para-hydroxylation sites is 1. The van der Waals surface area contributed by atoms with Crippen LogP contribution in [0.25, 0.3) is 10.9 Å². The van der Waals surface area contributed by atoms with Crippen LogP contribution in [0.4, 0.5) is 5.82 Å². The molecule has 0 saturated carbocycles. The number of rotatable bonds is 1. The Bertz CT molecular complexity index is 562. The summed E-state index contributed by atoms with van der Waals surface area (Å²) in [4.78, 5) is 4.33. The van der Waals surface area contributed by atoms with Gasteiger partial charge in [-0.3, -0.25) is 0 Å². The predicted molar refractivity (Wildman–Crippen MR) is 67.9 cm³/mol. The molecule has 0 aliphatic carbocycles. The van der Waals surface area contributed by atoms with Crippen molar-refractivity contribution >= 4 is 16.7 Å². The molecule has 0 fully saturated rings. The van der Waals surface area contributed by atoms with E-state index >= 15 is 0 Å². The number of unbranched alkanes of at least 4 members (excludes halogenated alkanes) is 1. The zero-order valence-corrected chi connectivity index (χ0v) is 9.33. The minimum Gasteiger partial charge on any atom is -0.383 e. The fourth-order valence-electron chi connectivity index (χ4n) is 1.51. The molecule has 2 nitrogen and oxygen atoms in total. The molecule has 80 valence electrons. The van der Waals surface area contributed by atoms with Crippen molar-refractivity contribution < 1.29 is 0 Å². The van der Waals surface area contributed by atoms with E-state index < -0.39 is 0 Å². The highest BCUT2D eigenvalue weighted by molar-refractivity contribution is 5.82. The summed E-state index contributed by atoms with van der Waals surface area (Å²) in [5, 5.41) is 1.08. The standard InChI is InChI=1S/C14H14N2/c1-2-3-4-8-12-10-11-7-5-6-9-13(11)16-14(12)15/h5-7,9-10H,2-3H2,1H3,(H2,15,16). The fraction of sp³-hybridized carbons (Fsp3) is 0.214. The van der Waals surface area contributed by atoms with Gasteiger partial charge in [-0.25, -0.2) is 4.98 Å². The molecule has 0 aliphatic rings. The Morgan fingerprint density at radius 2 is 2.12 bits per heavy atom. The van der Waals surface area contributed by atoms with Crippen LogP contribution in [0.15, 0.2) is 30.3 Å². The van der Waals surface area contributed by atoms with Crippen molar-refractivity contribution in [2.75, 3.05) is 5.73 Å². The number of pyridine rings is 1. The molecular weight excluding hydrogens is 196 g/mol. The van der Waals surface area contributed by atoms with E-state index in [4.69, 9.17) is 5.73 Å². The molecule has 1 aromatic carbocycles. The summed E-state index contributed by atoms with van der Waals surface area (Å²) < 4.78 is 0. The lowest BCUT2D eigenvalue weighted by molar-refractivity contribution is 0.983. The number of fused-ring (bicyclic) bond motifs is 1. The second-order valence-corrected chi connectivity index (χ2v) is 3.67. The maximum Gasteiger partial charge on any atom is 0.139 e. The van der Waals surface area contributed by atoms with Gasteiger partial charge >= 0.3 is 0 Å². The molecule has 0 aliphatic heterocycles. The van der Waals surface area contributed by atoms with Crippen LogP contribution >= 0.6 is 0 Å². The molecule has 0 radical (unpaired) electrons. The zero-order chi connectivity index (χ0) is 11.4. The maximum atomic E-state index is 5.86. The van der Waals surface area contributed by atoms with E-state index in [9.17, 15) is 0 Å². The van der Waals surface area contributed by atoms with Crippen LogP contribution in [0.5, 0.6) is 0 Å². The SMILES string of the molecule is CCCC#Cc1cc2ccccc2nc1N. The van der Waals surface area contributed by atoms with Crippen LogP contribution in [0.2, 0.25) is 0 Å². The van der Waals surface area contributed by atoms with Crippen molar-refractivity contribution in [1.82, 2.24) is 4.98 Å². The van der Waals surface area contributed by atoms with Gasteiger partial charge in [0.15, 0.2) is 0 Å². The molecule has 0 bridgehead atoms. The Kier molecular flexibility index (Phi) is 3.07. The van der Waals surface area contributed by atoms with Gasteiger partial charge in [0, 0.05) is 11.8 Å². The summed E-state index contributed by atoms with van der Waals surface area (Å²) in [6.45, 7) is 2.11. The minimum atomic E-state index is 0.516. The molecule has 0 atom stereocenters. The van der Waals surface area contributed by atoms with Crippen LogP contribution in [-0.2, 0) is 0 Å². The molecule has 2 aromatic rings. The van der Waals surface area contributed by atoms with E-state index in [1.54, 1.807) is 0 Å². The molecule has 16 heavy (non-hydrogen) atoms. The molecule has 0 amide bonds. The second kappa shape index (κ2) is 4.67. The van der Waals surface area contributed by atoms with Crippen molar-refractivity contribution in [2.24, 2.45) is 0 Å². The molecule has 0 unspecified atom stereocenters. The van der Waals surface area contributed by atoms with Gasteiger partial charge in [0.25, 0.3) is 0 Å². The van der Waals surface area contributed by atoms with Crippen LogP contribution in [0.3, 0.4) is 0 Å². The zero-order valence-electron chi connectivity index (χ0n) is 9.33. The van der Waals surface area contributed by atoms with Crippen LogP contribution in [-0.4, -0.2) is 4.98 Å². The number of hydrogen-bond acceptors (Lipinski definition) is 2. The third kappa shape index (κ3) is 2.14. The Labute approximate surface area is 95.5 Å². The number of nitrogens with two attached hydrogens (primary N) is 1. The maximum absolute atomic E-state index is 5.86. The van der Waals surface area contributed by atoms with Crippen LogP contribution in [0, 0.1) is 11.8 Å². The van der Waals surface area contributed by atoms with Crippen LogP contribution in [0.1, 0.15) is 25.3 Å². The number of nitrogens with zero attached hydrogens (tertiary/aromatic N) is 1. The lowest BCUT2D eigenvalue weighted by Gasteiger charge is -2.01. The average molecular weight is 210 g/mol. The molecular formula is C14H14N2. The first-order chi connectivity index (χ1) is 7.81. The Morgan fingerprint density at radius 1 is 1.31 bits per heavy atom. The molecule has 1 heterocycles. The minimum absolute atomic E-state index is 0.516. The molecule has 1 aromatic heterocycles. The van der Waals surface area contributed by atoms with Crippen molar-refractivity contribution in [3.05, 3.63) is 35.9 Å². The number of hydrogen-bond donors (Lipinski definition) is 1. The number of benzene rings is 1. The van der Waals surface area contributed by atoms with Gasteiger partial charge in [0.1, 0.15) is 5.82 Å². The number of aromatic nitrogens is 1. The lowest BCUT2D eigenvalue weighted by Crippen LogP contribution is -1.95. The van der Waals surface area contributed by atoms with Gasteiger partial charge < -0.3 is 5.73 Å². The van der Waals surface area contributed by atoms with Crippen LogP contribution < -0.4 is 5.73 Å². The second-order valence-electron chi connectivity index (χ2n) is 3.67.